The minimum absolute atomic E-state index is 0.118. The van der Waals surface area contributed by atoms with E-state index in [-0.39, 0.29) is 6.10 Å². The maximum Gasteiger partial charge on any atom is 0.104 e. The predicted molar refractivity (Wildman–Crippen MR) is 43.3 cm³/mol. The molecular formula is C9H15FO. The van der Waals surface area contributed by atoms with Gasteiger partial charge in [-0.25, -0.2) is 4.39 Å². The summed E-state index contributed by atoms with van der Waals surface area (Å²) in [5.41, 5.74) is 0.922. The molecule has 1 aliphatic rings. The van der Waals surface area contributed by atoms with Crippen molar-refractivity contribution in [3.63, 3.8) is 0 Å². The molecule has 11 heavy (non-hydrogen) atoms. The van der Waals surface area contributed by atoms with Crippen molar-refractivity contribution in [1.82, 2.24) is 0 Å². The van der Waals surface area contributed by atoms with E-state index < -0.39 is 6.17 Å². The zero-order chi connectivity index (χ0) is 8.27. The standard InChI is InChI=1S/C9H15FO/c1-3-11-9-5-4-8(10)6-7(9)2/h8-9H,2-6H2,1H3. The molecule has 0 amide bonds. The molecule has 0 aromatic heterocycles. The first-order valence-electron chi connectivity index (χ1n) is 4.17. The second-order valence-corrected chi connectivity index (χ2v) is 2.98. The van der Waals surface area contributed by atoms with Crippen LogP contribution in [-0.4, -0.2) is 18.9 Å². The highest BCUT2D eigenvalue weighted by atomic mass is 19.1. The third kappa shape index (κ3) is 2.29. The number of rotatable bonds is 2. The van der Waals surface area contributed by atoms with Crippen LogP contribution < -0.4 is 0 Å². The van der Waals surface area contributed by atoms with E-state index in [1.165, 1.54) is 0 Å². The van der Waals surface area contributed by atoms with Crippen molar-refractivity contribution in [1.29, 1.82) is 0 Å². The monoisotopic (exact) mass is 158 g/mol. The van der Waals surface area contributed by atoms with Crippen LogP contribution in [0.3, 0.4) is 0 Å². The fraction of sp³-hybridized carbons (Fsp3) is 0.778. The zero-order valence-electron chi connectivity index (χ0n) is 6.98. The van der Waals surface area contributed by atoms with E-state index in [1.54, 1.807) is 0 Å². The smallest absolute Gasteiger partial charge is 0.104 e. The molecule has 2 unspecified atom stereocenters. The molecule has 0 saturated heterocycles. The van der Waals surface area contributed by atoms with Gasteiger partial charge < -0.3 is 4.74 Å². The van der Waals surface area contributed by atoms with Crippen molar-refractivity contribution in [2.45, 2.75) is 38.5 Å². The minimum atomic E-state index is -0.681. The lowest BCUT2D eigenvalue weighted by molar-refractivity contribution is 0.0567. The van der Waals surface area contributed by atoms with E-state index in [9.17, 15) is 4.39 Å². The molecular weight excluding hydrogens is 143 g/mol. The topological polar surface area (TPSA) is 9.23 Å². The molecule has 0 spiro atoms. The average Bonchev–Trinajstić information content (AvgIpc) is 1.95. The maximum absolute atomic E-state index is 12.7. The van der Waals surface area contributed by atoms with E-state index in [0.717, 1.165) is 12.0 Å². The van der Waals surface area contributed by atoms with Crippen LogP contribution in [0.15, 0.2) is 12.2 Å². The van der Waals surface area contributed by atoms with Gasteiger partial charge in [0.15, 0.2) is 0 Å². The number of ether oxygens (including phenoxy) is 1. The molecule has 1 nitrogen and oxygen atoms in total. The summed E-state index contributed by atoms with van der Waals surface area (Å²) in [7, 11) is 0. The van der Waals surface area contributed by atoms with Gasteiger partial charge in [0.2, 0.25) is 0 Å². The van der Waals surface area contributed by atoms with Gasteiger partial charge in [0.05, 0.1) is 6.10 Å². The summed E-state index contributed by atoms with van der Waals surface area (Å²) in [6.07, 6.45) is 1.36. The SMILES string of the molecule is C=C1CC(F)CCC1OCC. The van der Waals surface area contributed by atoms with Crippen LogP contribution in [0.4, 0.5) is 4.39 Å². The van der Waals surface area contributed by atoms with Crippen LogP contribution in [0, 0.1) is 0 Å². The minimum Gasteiger partial charge on any atom is -0.374 e. The van der Waals surface area contributed by atoms with Gasteiger partial charge in [-0.05, 0) is 25.3 Å². The third-order valence-electron chi connectivity index (χ3n) is 2.05. The Bertz CT molecular complexity index is 144. The molecule has 64 valence electrons. The summed E-state index contributed by atoms with van der Waals surface area (Å²) in [4.78, 5) is 0. The molecule has 0 radical (unpaired) electrons. The Balaban J connectivity index is 2.38. The number of halogens is 1. The summed E-state index contributed by atoms with van der Waals surface area (Å²) >= 11 is 0. The highest BCUT2D eigenvalue weighted by Gasteiger charge is 2.23. The van der Waals surface area contributed by atoms with E-state index in [0.29, 0.717) is 19.4 Å². The van der Waals surface area contributed by atoms with Crippen molar-refractivity contribution in [3.05, 3.63) is 12.2 Å². The highest BCUT2D eigenvalue weighted by Crippen LogP contribution is 2.26. The Morgan fingerprint density at radius 3 is 2.91 bits per heavy atom. The maximum atomic E-state index is 12.7. The van der Waals surface area contributed by atoms with Crippen LogP contribution >= 0.6 is 0 Å². The first kappa shape index (κ1) is 8.72. The van der Waals surface area contributed by atoms with Gasteiger partial charge >= 0.3 is 0 Å². The van der Waals surface area contributed by atoms with Gasteiger partial charge in [-0.15, -0.1) is 0 Å². The Morgan fingerprint density at radius 2 is 2.36 bits per heavy atom. The molecule has 1 rings (SSSR count). The van der Waals surface area contributed by atoms with Crippen molar-refractivity contribution >= 4 is 0 Å². The predicted octanol–water partition coefficient (Wildman–Crippen LogP) is 2.47. The fourth-order valence-electron chi connectivity index (χ4n) is 1.46. The molecule has 0 heterocycles. The number of hydrogen-bond acceptors (Lipinski definition) is 1. The molecule has 0 bridgehead atoms. The lowest BCUT2D eigenvalue weighted by atomic mass is 9.92. The van der Waals surface area contributed by atoms with Gasteiger partial charge in [0, 0.05) is 13.0 Å². The van der Waals surface area contributed by atoms with Crippen molar-refractivity contribution in [3.8, 4) is 0 Å². The van der Waals surface area contributed by atoms with Crippen LogP contribution in [0.25, 0.3) is 0 Å². The molecule has 1 fully saturated rings. The highest BCUT2D eigenvalue weighted by molar-refractivity contribution is 5.07. The Hall–Kier alpha value is -0.370. The summed E-state index contributed by atoms with van der Waals surface area (Å²) < 4.78 is 18.1. The molecule has 2 atom stereocenters. The molecule has 2 heteroatoms. The molecule has 0 aromatic rings. The third-order valence-corrected chi connectivity index (χ3v) is 2.05. The molecule has 1 aliphatic carbocycles. The average molecular weight is 158 g/mol. The van der Waals surface area contributed by atoms with Crippen LogP contribution in [0.5, 0.6) is 0 Å². The van der Waals surface area contributed by atoms with Gasteiger partial charge in [0.1, 0.15) is 6.17 Å². The van der Waals surface area contributed by atoms with Gasteiger partial charge in [-0.1, -0.05) is 6.58 Å². The molecule has 0 aliphatic heterocycles. The van der Waals surface area contributed by atoms with Gasteiger partial charge in [-0.3, -0.25) is 0 Å². The van der Waals surface area contributed by atoms with Gasteiger partial charge in [0.25, 0.3) is 0 Å². The van der Waals surface area contributed by atoms with Crippen molar-refractivity contribution < 1.29 is 9.13 Å². The van der Waals surface area contributed by atoms with Crippen LogP contribution in [0.1, 0.15) is 26.2 Å². The summed E-state index contributed by atoms with van der Waals surface area (Å²) in [6, 6.07) is 0. The van der Waals surface area contributed by atoms with E-state index in [1.807, 2.05) is 6.92 Å². The fourth-order valence-corrected chi connectivity index (χ4v) is 1.46. The summed E-state index contributed by atoms with van der Waals surface area (Å²) in [5.74, 6) is 0. The van der Waals surface area contributed by atoms with Gasteiger partial charge in [-0.2, -0.15) is 0 Å². The lowest BCUT2D eigenvalue weighted by Gasteiger charge is -2.26. The summed E-state index contributed by atoms with van der Waals surface area (Å²) in [5, 5.41) is 0. The first-order valence-corrected chi connectivity index (χ1v) is 4.17. The lowest BCUT2D eigenvalue weighted by Crippen LogP contribution is -2.24. The van der Waals surface area contributed by atoms with E-state index in [4.69, 9.17) is 4.74 Å². The second-order valence-electron chi connectivity index (χ2n) is 2.98. The molecule has 1 saturated carbocycles. The molecule has 0 N–H and O–H groups in total. The van der Waals surface area contributed by atoms with Crippen LogP contribution in [0.2, 0.25) is 0 Å². The van der Waals surface area contributed by atoms with E-state index >= 15 is 0 Å². The van der Waals surface area contributed by atoms with E-state index in [2.05, 4.69) is 6.58 Å². The normalized spacial score (nSPS) is 32.4. The second kappa shape index (κ2) is 3.86. The van der Waals surface area contributed by atoms with Crippen LogP contribution in [-0.2, 0) is 4.74 Å². The summed E-state index contributed by atoms with van der Waals surface area (Å²) in [6.45, 7) is 6.45. The Morgan fingerprint density at radius 1 is 1.64 bits per heavy atom. The largest absolute Gasteiger partial charge is 0.374 e. The number of hydrogen-bond donors (Lipinski definition) is 0. The Labute approximate surface area is 67.2 Å². The Kier molecular flexibility index (Phi) is 3.06. The van der Waals surface area contributed by atoms with Crippen molar-refractivity contribution in [2.24, 2.45) is 0 Å². The zero-order valence-corrected chi connectivity index (χ0v) is 6.98. The number of alkyl halides is 1. The van der Waals surface area contributed by atoms with Crippen molar-refractivity contribution in [2.75, 3.05) is 6.61 Å². The molecule has 0 aromatic carbocycles. The first-order chi connectivity index (χ1) is 5.24. The quantitative estimate of drug-likeness (QED) is 0.561.